The highest BCUT2D eigenvalue weighted by Crippen LogP contribution is 2.39. The molecule has 0 aliphatic carbocycles. The summed E-state index contributed by atoms with van der Waals surface area (Å²) in [4.78, 5) is 12.5. The molecule has 3 aromatic heterocycles. The van der Waals surface area contributed by atoms with Gasteiger partial charge >= 0.3 is 0 Å². The Kier molecular flexibility index (Phi) is 6.76. The van der Waals surface area contributed by atoms with Gasteiger partial charge in [0.1, 0.15) is 11.2 Å². The van der Waals surface area contributed by atoms with Gasteiger partial charge in [0.25, 0.3) is 0 Å². The zero-order valence-electron chi connectivity index (χ0n) is 26.1. The van der Waals surface area contributed by atoms with E-state index in [1.54, 1.807) is 0 Å². The van der Waals surface area contributed by atoms with E-state index in [-0.39, 0.29) is 0 Å². The summed E-state index contributed by atoms with van der Waals surface area (Å²) >= 11 is 0. The Bertz CT molecular complexity index is 2440. The lowest BCUT2D eigenvalue weighted by molar-refractivity contribution is 1.19. The Morgan fingerprint density at radius 2 is 0.833 bits per heavy atom. The van der Waals surface area contributed by atoms with Crippen LogP contribution in [0.3, 0.4) is 0 Å². The minimum Gasteiger partial charge on any atom is -0.311 e. The average Bonchev–Trinajstić information content (AvgIpc) is 3.55. The van der Waals surface area contributed by atoms with Gasteiger partial charge in [-0.15, -0.1) is 0 Å². The number of hydrogen-bond acceptors (Lipinski definition) is 3. The van der Waals surface area contributed by atoms with Crippen LogP contribution in [0.5, 0.6) is 0 Å². The molecule has 0 saturated heterocycles. The van der Waals surface area contributed by atoms with Crippen molar-refractivity contribution in [3.63, 3.8) is 0 Å². The van der Waals surface area contributed by atoms with Crippen molar-refractivity contribution in [2.24, 2.45) is 0 Å². The number of imidazole rings is 1. The molecule has 0 spiro atoms. The number of rotatable bonds is 6. The van der Waals surface area contributed by atoms with Gasteiger partial charge in [-0.3, -0.25) is 4.40 Å². The number of aromatic nitrogens is 3. The SMILES string of the molecule is c1ccc(-c2ccc(N(c3ccc(-c4ccccc4)cc3)c3ccc(-c4nc5c(nc6ccccn65)c5ccccc45)cc3)cc2)cc1. The minimum atomic E-state index is 0.863. The molecule has 0 amide bonds. The molecule has 0 saturated carbocycles. The maximum Gasteiger partial charge on any atom is 0.165 e. The lowest BCUT2D eigenvalue weighted by Gasteiger charge is -2.26. The van der Waals surface area contributed by atoms with Crippen molar-refractivity contribution >= 4 is 44.6 Å². The molecular weight excluding hydrogens is 585 g/mol. The van der Waals surface area contributed by atoms with E-state index in [1.807, 2.05) is 24.4 Å². The van der Waals surface area contributed by atoms with E-state index < -0.39 is 0 Å². The molecule has 0 N–H and O–H groups in total. The summed E-state index contributed by atoms with van der Waals surface area (Å²) < 4.78 is 2.07. The molecule has 3 heterocycles. The molecule has 48 heavy (non-hydrogen) atoms. The molecule has 0 unspecified atom stereocenters. The van der Waals surface area contributed by atoms with Crippen molar-refractivity contribution in [1.29, 1.82) is 0 Å². The first kappa shape index (κ1) is 27.8. The van der Waals surface area contributed by atoms with Crippen LogP contribution in [0.1, 0.15) is 0 Å². The summed E-state index contributed by atoms with van der Waals surface area (Å²) in [6, 6.07) is 61.9. The number of pyridine rings is 2. The smallest absolute Gasteiger partial charge is 0.165 e. The molecule has 226 valence electrons. The van der Waals surface area contributed by atoms with Crippen molar-refractivity contribution in [1.82, 2.24) is 14.4 Å². The highest BCUT2D eigenvalue weighted by atomic mass is 15.1. The number of anilines is 3. The number of nitrogens with zero attached hydrogens (tertiary/aromatic N) is 4. The summed E-state index contributed by atoms with van der Waals surface area (Å²) in [5, 5.41) is 2.19. The highest BCUT2D eigenvalue weighted by molar-refractivity contribution is 6.09. The third-order valence-electron chi connectivity index (χ3n) is 9.02. The van der Waals surface area contributed by atoms with Gasteiger partial charge in [0.05, 0.1) is 5.69 Å². The highest BCUT2D eigenvalue weighted by Gasteiger charge is 2.17. The second kappa shape index (κ2) is 11.7. The van der Waals surface area contributed by atoms with Crippen LogP contribution in [-0.4, -0.2) is 14.4 Å². The summed E-state index contributed by atoms with van der Waals surface area (Å²) in [7, 11) is 0. The van der Waals surface area contributed by atoms with Crippen LogP contribution in [0.2, 0.25) is 0 Å². The second-order valence-electron chi connectivity index (χ2n) is 11.9. The first-order valence-electron chi connectivity index (χ1n) is 16.2. The van der Waals surface area contributed by atoms with Gasteiger partial charge in [0.15, 0.2) is 5.65 Å². The zero-order valence-corrected chi connectivity index (χ0v) is 26.1. The van der Waals surface area contributed by atoms with Gasteiger partial charge in [-0.1, -0.05) is 127 Å². The largest absolute Gasteiger partial charge is 0.311 e. The molecule has 0 bridgehead atoms. The second-order valence-corrected chi connectivity index (χ2v) is 11.9. The number of benzene rings is 6. The van der Waals surface area contributed by atoms with Gasteiger partial charge < -0.3 is 4.90 Å². The first-order valence-corrected chi connectivity index (χ1v) is 16.2. The first-order chi connectivity index (χ1) is 23.8. The van der Waals surface area contributed by atoms with Crippen molar-refractivity contribution in [2.45, 2.75) is 0 Å². The van der Waals surface area contributed by atoms with Crippen LogP contribution in [-0.2, 0) is 0 Å². The summed E-state index contributed by atoms with van der Waals surface area (Å²) in [5.41, 5.74) is 12.7. The van der Waals surface area contributed by atoms with Crippen molar-refractivity contribution < 1.29 is 0 Å². The van der Waals surface area contributed by atoms with Crippen LogP contribution in [0.15, 0.2) is 182 Å². The number of hydrogen-bond donors (Lipinski definition) is 0. The minimum absolute atomic E-state index is 0.863. The van der Waals surface area contributed by atoms with Crippen molar-refractivity contribution in [2.75, 3.05) is 4.90 Å². The quantitative estimate of drug-likeness (QED) is 0.187. The molecule has 6 aromatic carbocycles. The number of fused-ring (bicyclic) bond motifs is 5. The Labute approximate surface area is 278 Å². The molecule has 9 aromatic rings. The summed E-state index contributed by atoms with van der Waals surface area (Å²) in [6.45, 7) is 0. The Morgan fingerprint density at radius 1 is 0.375 bits per heavy atom. The van der Waals surface area contributed by atoms with Crippen molar-refractivity contribution in [3.05, 3.63) is 182 Å². The van der Waals surface area contributed by atoms with E-state index in [1.165, 1.54) is 22.3 Å². The van der Waals surface area contributed by atoms with E-state index >= 15 is 0 Å². The topological polar surface area (TPSA) is 33.4 Å². The molecular formula is C44H30N4. The van der Waals surface area contributed by atoms with E-state index in [2.05, 4.69) is 167 Å². The molecule has 0 aliphatic rings. The fourth-order valence-electron chi connectivity index (χ4n) is 6.64. The van der Waals surface area contributed by atoms with Crippen LogP contribution in [0.4, 0.5) is 17.1 Å². The van der Waals surface area contributed by atoms with Crippen LogP contribution < -0.4 is 4.90 Å². The Morgan fingerprint density at radius 3 is 1.40 bits per heavy atom. The van der Waals surface area contributed by atoms with E-state index in [0.29, 0.717) is 0 Å². The van der Waals surface area contributed by atoms with Crippen LogP contribution >= 0.6 is 0 Å². The average molecular weight is 615 g/mol. The van der Waals surface area contributed by atoms with Crippen molar-refractivity contribution in [3.8, 4) is 33.5 Å². The predicted molar refractivity (Wildman–Crippen MR) is 199 cm³/mol. The van der Waals surface area contributed by atoms with Crippen LogP contribution in [0, 0.1) is 0 Å². The normalized spacial score (nSPS) is 11.3. The van der Waals surface area contributed by atoms with E-state index in [4.69, 9.17) is 9.97 Å². The third kappa shape index (κ3) is 4.88. The standard InChI is InChI=1S/C44H30N4/c1-3-11-31(12-4-1)33-18-24-36(25-19-33)48(37-26-20-34(21-27-37)32-13-5-2-6-14-32)38-28-22-35(23-29-38)42-39-15-7-8-16-40(39)43-44(46-42)47-30-10-9-17-41(47)45-43/h1-30H. The maximum atomic E-state index is 5.22. The zero-order chi connectivity index (χ0) is 31.9. The van der Waals surface area contributed by atoms with Gasteiger partial charge in [-0.2, -0.15) is 0 Å². The van der Waals surface area contributed by atoms with Gasteiger partial charge in [0, 0.05) is 39.6 Å². The van der Waals surface area contributed by atoms with Gasteiger partial charge in [-0.05, 0) is 70.8 Å². The third-order valence-corrected chi connectivity index (χ3v) is 9.02. The van der Waals surface area contributed by atoms with E-state index in [9.17, 15) is 0 Å². The molecule has 0 atom stereocenters. The Balaban J connectivity index is 1.15. The molecule has 0 radical (unpaired) electrons. The van der Waals surface area contributed by atoms with Gasteiger partial charge in [-0.25, -0.2) is 9.97 Å². The van der Waals surface area contributed by atoms with Crippen LogP contribution in [0.25, 0.3) is 61.1 Å². The summed E-state index contributed by atoms with van der Waals surface area (Å²) in [6.07, 6.45) is 2.03. The fraction of sp³-hybridized carbons (Fsp3) is 0. The van der Waals surface area contributed by atoms with Gasteiger partial charge in [0.2, 0.25) is 0 Å². The molecule has 0 aliphatic heterocycles. The molecule has 9 rings (SSSR count). The monoisotopic (exact) mass is 614 g/mol. The maximum absolute atomic E-state index is 5.22. The molecule has 4 heteroatoms. The lowest BCUT2D eigenvalue weighted by Crippen LogP contribution is -2.09. The lowest BCUT2D eigenvalue weighted by atomic mass is 10.0. The van der Waals surface area contributed by atoms with E-state index in [0.717, 1.165) is 55.9 Å². The predicted octanol–water partition coefficient (Wildman–Crippen LogP) is 11.5. The molecule has 0 fully saturated rings. The molecule has 4 nitrogen and oxygen atoms in total. The Hall–Kier alpha value is -6.52. The summed E-state index contributed by atoms with van der Waals surface area (Å²) in [5.74, 6) is 0. The fourth-order valence-corrected chi connectivity index (χ4v) is 6.64.